The lowest BCUT2D eigenvalue weighted by molar-refractivity contribution is 0.107. The molecule has 3 rings (SSSR count). The van der Waals surface area contributed by atoms with Gasteiger partial charge in [-0.25, -0.2) is 4.98 Å². The molecule has 0 spiro atoms. The number of hydrogen-bond acceptors (Lipinski definition) is 8. The summed E-state index contributed by atoms with van der Waals surface area (Å²) in [6.45, 7) is 1.59. The first-order valence-electron chi connectivity index (χ1n) is 9.64. The first-order valence-corrected chi connectivity index (χ1v) is 11.3. The summed E-state index contributed by atoms with van der Waals surface area (Å²) >= 11 is 5.07. The molecule has 2 aromatic heterocycles. The van der Waals surface area contributed by atoms with Gasteiger partial charge in [-0.2, -0.15) is 4.98 Å². The predicted molar refractivity (Wildman–Crippen MR) is 126 cm³/mol. The maximum atomic E-state index is 10.1. The van der Waals surface area contributed by atoms with Crippen LogP contribution < -0.4 is 20.1 Å². The van der Waals surface area contributed by atoms with Crippen molar-refractivity contribution in [3.63, 3.8) is 0 Å². The maximum Gasteiger partial charge on any atom is 0.233 e. The topological polar surface area (TPSA) is 88.5 Å². The van der Waals surface area contributed by atoms with Crippen molar-refractivity contribution in [1.29, 1.82) is 0 Å². The van der Waals surface area contributed by atoms with E-state index >= 15 is 0 Å². The number of rotatable bonds is 12. The zero-order valence-corrected chi connectivity index (χ0v) is 19.2. The van der Waals surface area contributed by atoms with E-state index in [1.807, 2.05) is 30.3 Å². The van der Waals surface area contributed by atoms with Crippen LogP contribution in [0.15, 0.2) is 52.4 Å². The van der Waals surface area contributed by atoms with Gasteiger partial charge < -0.3 is 25.2 Å². The monoisotopic (exact) mass is 502 g/mol. The summed E-state index contributed by atoms with van der Waals surface area (Å²) in [5.74, 6) is 3.75. The molecule has 0 amide bonds. The van der Waals surface area contributed by atoms with E-state index in [0.717, 1.165) is 18.7 Å². The van der Waals surface area contributed by atoms with Crippen LogP contribution in [0.2, 0.25) is 0 Å². The van der Waals surface area contributed by atoms with E-state index in [1.165, 1.54) is 4.88 Å². The molecule has 162 valence electrons. The lowest BCUT2D eigenvalue weighted by atomic mass is 10.3. The van der Waals surface area contributed by atoms with Gasteiger partial charge in [0.2, 0.25) is 11.8 Å². The molecule has 3 N–H and O–H groups in total. The highest BCUT2D eigenvalue weighted by atomic mass is 79.9. The van der Waals surface area contributed by atoms with Crippen molar-refractivity contribution in [2.24, 2.45) is 0 Å². The SMILES string of the molecule is C#CCOc1nc(Nc2cccc(OCC(O)CNCCc3cccs3)c2)ncc1Br. The van der Waals surface area contributed by atoms with Gasteiger partial charge in [-0.05, 0) is 45.9 Å². The Labute approximate surface area is 194 Å². The Morgan fingerprint density at radius 2 is 2.16 bits per heavy atom. The normalized spacial score (nSPS) is 11.5. The van der Waals surface area contributed by atoms with E-state index in [9.17, 15) is 5.11 Å². The Morgan fingerprint density at radius 1 is 1.26 bits per heavy atom. The van der Waals surface area contributed by atoms with Crippen LogP contribution in [-0.2, 0) is 6.42 Å². The van der Waals surface area contributed by atoms with E-state index in [1.54, 1.807) is 17.5 Å². The van der Waals surface area contributed by atoms with E-state index < -0.39 is 6.10 Å². The fraction of sp³-hybridized carbons (Fsp3) is 0.273. The summed E-state index contributed by atoms with van der Waals surface area (Å²) in [6.07, 6.45) is 7.16. The Balaban J connectivity index is 1.46. The summed E-state index contributed by atoms with van der Waals surface area (Å²) in [6, 6.07) is 11.5. The van der Waals surface area contributed by atoms with Gasteiger partial charge in [0.25, 0.3) is 0 Å². The number of nitrogens with zero attached hydrogens (tertiary/aromatic N) is 2. The average molecular weight is 503 g/mol. The lowest BCUT2D eigenvalue weighted by Gasteiger charge is -2.14. The average Bonchev–Trinajstić information content (AvgIpc) is 3.29. The highest BCUT2D eigenvalue weighted by Gasteiger charge is 2.08. The van der Waals surface area contributed by atoms with Gasteiger partial charge >= 0.3 is 0 Å². The van der Waals surface area contributed by atoms with Crippen molar-refractivity contribution >= 4 is 38.9 Å². The minimum absolute atomic E-state index is 0.115. The van der Waals surface area contributed by atoms with Crippen LogP contribution in [0.5, 0.6) is 11.6 Å². The first kappa shape index (κ1) is 23.0. The van der Waals surface area contributed by atoms with Crippen LogP contribution in [0, 0.1) is 12.3 Å². The van der Waals surface area contributed by atoms with Gasteiger partial charge in [-0.15, -0.1) is 17.8 Å². The first-order chi connectivity index (χ1) is 15.1. The van der Waals surface area contributed by atoms with Crippen LogP contribution in [-0.4, -0.2) is 47.5 Å². The molecule has 0 bridgehead atoms. The summed E-state index contributed by atoms with van der Waals surface area (Å²) in [4.78, 5) is 9.84. The molecule has 1 unspecified atom stereocenters. The zero-order chi connectivity index (χ0) is 21.9. The van der Waals surface area contributed by atoms with Crippen LogP contribution in [0.3, 0.4) is 0 Å². The second-order valence-corrected chi connectivity index (χ2v) is 8.38. The Morgan fingerprint density at radius 3 is 2.97 bits per heavy atom. The fourth-order valence-electron chi connectivity index (χ4n) is 2.60. The molecular weight excluding hydrogens is 480 g/mol. The van der Waals surface area contributed by atoms with Crippen LogP contribution >= 0.6 is 27.3 Å². The second kappa shape index (κ2) is 12.3. The maximum absolute atomic E-state index is 10.1. The number of aromatic nitrogens is 2. The van der Waals surface area contributed by atoms with Gasteiger partial charge in [0.05, 0.1) is 10.7 Å². The molecule has 1 aromatic carbocycles. The van der Waals surface area contributed by atoms with Crippen LogP contribution in [0.25, 0.3) is 0 Å². The number of nitrogens with one attached hydrogen (secondary N) is 2. The van der Waals surface area contributed by atoms with Crippen LogP contribution in [0.4, 0.5) is 11.6 Å². The smallest absolute Gasteiger partial charge is 0.233 e. The molecule has 3 aromatic rings. The predicted octanol–water partition coefficient (Wildman–Crippen LogP) is 3.63. The van der Waals surface area contributed by atoms with Crippen molar-refractivity contribution in [2.45, 2.75) is 12.5 Å². The third kappa shape index (κ3) is 7.84. The number of terminal acetylenes is 1. The zero-order valence-electron chi connectivity index (χ0n) is 16.8. The molecule has 31 heavy (non-hydrogen) atoms. The highest BCUT2D eigenvalue weighted by molar-refractivity contribution is 9.10. The molecule has 0 radical (unpaired) electrons. The van der Waals surface area contributed by atoms with Gasteiger partial charge in [0.15, 0.2) is 6.61 Å². The fourth-order valence-corrected chi connectivity index (χ4v) is 3.62. The second-order valence-electron chi connectivity index (χ2n) is 6.49. The van der Waals surface area contributed by atoms with Gasteiger partial charge in [-0.1, -0.05) is 18.1 Å². The van der Waals surface area contributed by atoms with Gasteiger partial charge in [-0.3, -0.25) is 0 Å². The standard InChI is InChI=1S/C22H23BrN4O3S/c1-2-10-29-21-20(23)14-25-22(27-21)26-16-5-3-6-18(12-16)30-15-17(28)13-24-9-8-19-7-4-11-31-19/h1,3-7,11-12,14,17,24,28H,8-10,13,15H2,(H,25,26,27). The van der Waals surface area contributed by atoms with E-state index in [2.05, 4.69) is 53.9 Å². The molecule has 9 heteroatoms. The van der Waals surface area contributed by atoms with E-state index in [0.29, 0.717) is 28.6 Å². The third-order valence-corrected chi connectivity index (χ3v) is 5.53. The van der Waals surface area contributed by atoms with Crippen LogP contribution in [0.1, 0.15) is 4.88 Å². The number of benzene rings is 1. The highest BCUT2D eigenvalue weighted by Crippen LogP contribution is 2.25. The van der Waals surface area contributed by atoms with Gasteiger partial charge in [0.1, 0.15) is 18.5 Å². The van der Waals surface area contributed by atoms with Gasteiger partial charge in [0, 0.05) is 29.7 Å². The summed E-state index contributed by atoms with van der Waals surface area (Å²) < 4.78 is 11.7. The van der Waals surface area contributed by atoms with Crippen molar-refractivity contribution < 1.29 is 14.6 Å². The van der Waals surface area contributed by atoms with Crippen molar-refractivity contribution in [1.82, 2.24) is 15.3 Å². The number of hydrogen-bond donors (Lipinski definition) is 3. The largest absolute Gasteiger partial charge is 0.491 e. The van der Waals surface area contributed by atoms with E-state index in [-0.39, 0.29) is 13.2 Å². The number of aliphatic hydroxyl groups excluding tert-OH is 1. The molecule has 0 fully saturated rings. The van der Waals surface area contributed by atoms with Crippen molar-refractivity contribution in [2.75, 3.05) is 31.6 Å². The van der Waals surface area contributed by atoms with Crippen molar-refractivity contribution in [3.05, 3.63) is 57.3 Å². The molecule has 0 saturated heterocycles. The Bertz CT molecular complexity index is 995. The summed E-state index contributed by atoms with van der Waals surface area (Å²) in [7, 11) is 0. The number of anilines is 2. The lowest BCUT2D eigenvalue weighted by Crippen LogP contribution is -2.32. The molecule has 7 nitrogen and oxygen atoms in total. The van der Waals surface area contributed by atoms with Crippen molar-refractivity contribution in [3.8, 4) is 24.0 Å². The Kier molecular flexibility index (Phi) is 9.12. The summed E-state index contributed by atoms with van der Waals surface area (Å²) in [5.41, 5.74) is 0.742. The molecular formula is C22H23BrN4O3S. The quantitative estimate of drug-likeness (QED) is 0.257. The number of aliphatic hydroxyl groups is 1. The minimum Gasteiger partial charge on any atom is -0.491 e. The number of ether oxygens (including phenoxy) is 2. The number of halogens is 1. The molecule has 0 aliphatic heterocycles. The molecule has 2 heterocycles. The number of thiophene rings is 1. The molecule has 0 aliphatic carbocycles. The Hall–Kier alpha value is -2.64. The third-order valence-electron chi connectivity index (χ3n) is 4.04. The minimum atomic E-state index is -0.606. The van der Waals surface area contributed by atoms with E-state index in [4.69, 9.17) is 15.9 Å². The summed E-state index contributed by atoms with van der Waals surface area (Å²) in [5, 5.41) is 18.6. The molecule has 0 aliphatic rings. The molecule has 1 atom stereocenters. The molecule has 0 saturated carbocycles.